The molecule has 1 aliphatic heterocycles. The molecule has 0 aromatic heterocycles. The van der Waals surface area contributed by atoms with Crippen LogP contribution in [0, 0.1) is 0 Å². The zero-order valence-corrected chi connectivity index (χ0v) is 26.4. The van der Waals surface area contributed by atoms with Gasteiger partial charge in [0.15, 0.2) is 34.5 Å². The number of hydrogen-bond donors (Lipinski definition) is 2. The predicted molar refractivity (Wildman–Crippen MR) is 168 cm³/mol. The van der Waals surface area contributed by atoms with E-state index in [2.05, 4.69) is 41.5 Å². The van der Waals surface area contributed by atoms with Gasteiger partial charge in [-0.3, -0.25) is 0 Å². The first kappa shape index (κ1) is 32.2. The zero-order valence-electron chi connectivity index (χ0n) is 26.4. The minimum Gasteiger partial charge on any atom is -0.504 e. The Kier molecular flexibility index (Phi) is 13.0. The van der Waals surface area contributed by atoms with Crippen LogP contribution in [0.4, 0.5) is 0 Å². The molecular weight excluding hydrogens is 496 g/mol. The van der Waals surface area contributed by atoms with Crippen molar-refractivity contribution in [3.8, 4) is 34.5 Å². The standard InChI is InChI=1S/C36H56O4/c1-7-13-19-25-26(20-14-8-2)28(22-16-10-4)34-33(27(25)21-15-9-3)39-35-29(23-17-11-5)31(37)32(38)30(24-18-12-6)36(35)40-34/h37-38H,7-24H2,1-6H3. The summed E-state index contributed by atoms with van der Waals surface area (Å²) in [6.45, 7) is 13.3. The number of aromatic hydroxyl groups is 2. The Balaban J connectivity index is 2.36. The molecule has 0 saturated carbocycles. The van der Waals surface area contributed by atoms with Crippen LogP contribution in [0.5, 0.6) is 34.5 Å². The summed E-state index contributed by atoms with van der Waals surface area (Å²) in [7, 11) is 0. The summed E-state index contributed by atoms with van der Waals surface area (Å²) in [6.07, 6.45) is 18.3. The molecule has 4 nitrogen and oxygen atoms in total. The first-order valence-electron chi connectivity index (χ1n) is 16.6. The van der Waals surface area contributed by atoms with Gasteiger partial charge in [0.1, 0.15) is 0 Å². The Labute approximate surface area is 244 Å². The molecule has 2 aromatic rings. The second-order valence-electron chi connectivity index (χ2n) is 11.7. The van der Waals surface area contributed by atoms with Crippen LogP contribution < -0.4 is 9.47 Å². The Morgan fingerprint density at radius 3 is 0.850 bits per heavy atom. The number of hydrogen-bond acceptors (Lipinski definition) is 4. The molecule has 4 heteroatoms. The first-order chi connectivity index (χ1) is 19.5. The maximum atomic E-state index is 11.2. The minimum absolute atomic E-state index is 0.0301. The first-order valence-corrected chi connectivity index (χ1v) is 16.6. The second-order valence-corrected chi connectivity index (χ2v) is 11.7. The van der Waals surface area contributed by atoms with Gasteiger partial charge in [-0.2, -0.15) is 0 Å². The molecule has 0 unspecified atom stereocenters. The molecule has 2 aromatic carbocycles. The van der Waals surface area contributed by atoms with Gasteiger partial charge in [-0.25, -0.2) is 0 Å². The van der Waals surface area contributed by atoms with Crippen molar-refractivity contribution in [1.82, 2.24) is 0 Å². The molecule has 0 atom stereocenters. The molecule has 0 spiro atoms. The van der Waals surface area contributed by atoms with Gasteiger partial charge in [0, 0.05) is 22.3 Å². The Morgan fingerprint density at radius 2 is 0.575 bits per heavy atom. The maximum Gasteiger partial charge on any atom is 0.177 e. The van der Waals surface area contributed by atoms with E-state index in [4.69, 9.17) is 9.47 Å². The zero-order chi connectivity index (χ0) is 29.1. The third kappa shape index (κ3) is 7.09. The third-order valence-electron chi connectivity index (χ3n) is 8.49. The number of phenolic OH excluding ortho intramolecular Hbond substituents is 2. The average Bonchev–Trinajstić information content (AvgIpc) is 2.96. The SMILES string of the molecule is CCCCc1c(CCCC)c(CCCC)c2c(c1CCCC)Oc1c(CCCC)c(O)c(O)c(CCCC)c1O2. The highest BCUT2D eigenvalue weighted by molar-refractivity contribution is 5.72. The largest absolute Gasteiger partial charge is 0.504 e. The summed E-state index contributed by atoms with van der Waals surface area (Å²) in [4.78, 5) is 0. The number of phenols is 2. The van der Waals surface area contributed by atoms with Crippen LogP contribution >= 0.6 is 0 Å². The Morgan fingerprint density at radius 1 is 0.350 bits per heavy atom. The lowest BCUT2D eigenvalue weighted by Gasteiger charge is -2.32. The summed E-state index contributed by atoms with van der Waals surface area (Å²) in [5.74, 6) is 2.95. The molecule has 0 saturated heterocycles. The molecule has 1 aliphatic rings. The molecule has 0 bridgehead atoms. The van der Waals surface area contributed by atoms with E-state index in [1.165, 1.54) is 35.1 Å². The van der Waals surface area contributed by atoms with Crippen LogP contribution in [0.2, 0.25) is 0 Å². The number of unbranched alkanes of at least 4 members (excludes halogenated alkanes) is 6. The van der Waals surface area contributed by atoms with Crippen molar-refractivity contribution < 1.29 is 19.7 Å². The van der Waals surface area contributed by atoms with E-state index in [-0.39, 0.29) is 11.5 Å². The van der Waals surface area contributed by atoms with Crippen LogP contribution in [-0.4, -0.2) is 10.2 Å². The molecule has 0 amide bonds. The summed E-state index contributed by atoms with van der Waals surface area (Å²) >= 11 is 0. The summed E-state index contributed by atoms with van der Waals surface area (Å²) in [5, 5.41) is 22.4. The van der Waals surface area contributed by atoms with Crippen molar-refractivity contribution in [2.45, 2.75) is 157 Å². The van der Waals surface area contributed by atoms with Gasteiger partial charge in [0.2, 0.25) is 0 Å². The van der Waals surface area contributed by atoms with Crippen molar-refractivity contribution in [1.29, 1.82) is 0 Å². The number of benzene rings is 2. The highest BCUT2D eigenvalue weighted by Gasteiger charge is 2.35. The van der Waals surface area contributed by atoms with E-state index in [9.17, 15) is 10.2 Å². The van der Waals surface area contributed by atoms with Gasteiger partial charge in [0.05, 0.1) is 0 Å². The summed E-state index contributed by atoms with van der Waals surface area (Å²) in [5.41, 5.74) is 6.97. The molecule has 224 valence electrons. The minimum atomic E-state index is -0.0301. The summed E-state index contributed by atoms with van der Waals surface area (Å²) in [6, 6.07) is 0. The van der Waals surface area contributed by atoms with Crippen molar-refractivity contribution in [3.63, 3.8) is 0 Å². The van der Waals surface area contributed by atoms with E-state index >= 15 is 0 Å². The lowest BCUT2D eigenvalue weighted by molar-refractivity contribution is 0.328. The maximum absolute atomic E-state index is 11.2. The van der Waals surface area contributed by atoms with Crippen LogP contribution in [0.15, 0.2) is 0 Å². The van der Waals surface area contributed by atoms with E-state index in [0.29, 0.717) is 35.5 Å². The van der Waals surface area contributed by atoms with E-state index in [1.807, 2.05) is 0 Å². The molecule has 0 aliphatic carbocycles. The van der Waals surface area contributed by atoms with Gasteiger partial charge >= 0.3 is 0 Å². The summed E-state index contributed by atoms with van der Waals surface area (Å²) < 4.78 is 14.0. The fraction of sp³-hybridized carbons (Fsp3) is 0.667. The van der Waals surface area contributed by atoms with Gasteiger partial charge < -0.3 is 19.7 Å². The molecule has 3 rings (SSSR count). The van der Waals surface area contributed by atoms with Gasteiger partial charge in [-0.1, -0.05) is 80.1 Å². The predicted octanol–water partition coefficient (Wildman–Crippen LogP) is 11.1. The van der Waals surface area contributed by atoms with Crippen LogP contribution in [-0.2, 0) is 38.5 Å². The van der Waals surface area contributed by atoms with Crippen molar-refractivity contribution >= 4 is 0 Å². The average molecular weight is 553 g/mol. The topological polar surface area (TPSA) is 58.9 Å². The van der Waals surface area contributed by atoms with Crippen molar-refractivity contribution in [2.24, 2.45) is 0 Å². The quantitative estimate of drug-likeness (QED) is 0.154. The monoisotopic (exact) mass is 552 g/mol. The highest BCUT2D eigenvalue weighted by Crippen LogP contribution is 2.58. The van der Waals surface area contributed by atoms with E-state index in [0.717, 1.165) is 101 Å². The smallest absolute Gasteiger partial charge is 0.177 e. The van der Waals surface area contributed by atoms with Gasteiger partial charge in [-0.15, -0.1) is 0 Å². The third-order valence-corrected chi connectivity index (χ3v) is 8.49. The number of rotatable bonds is 18. The van der Waals surface area contributed by atoms with Crippen molar-refractivity contribution in [3.05, 3.63) is 33.4 Å². The van der Waals surface area contributed by atoms with Crippen LogP contribution in [0.1, 0.15) is 152 Å². The fourth-order valence-corrected chi connectivity index (χ4v) is 6.04. The number of fused-ring (bicyclic) bond motifs is 2. The molecule has 2 N–H and O–H groups in total. The lowest BCUT2D eigenvalue weighted by atomic mass is 9.84. The second kappa shape index (κ2) is 16.2. The molecule has 0 radical (unpaired) electrons. The van der Waals surface area contributed by atoms with E-state index < -0.39 is 0 Å². The normalized spacial score (nSPS) is 12.2. The fourth-order valence-electron chi connectivity index (χ4n) is 6.04. The molecule has 0 fully saturated rings. The van der Waals surface area contributed by atoms with Gasteiger partial charge in [-0.05, 0) is 88.2 Å². The molecular formula is C36H56O4. The number of ether oxygens (including phenoxy) is 2. The van der Waals surface area contributed by atoms with Crippen LogP contribution in [0.3, 0.4) is 0 Å². The van der Waals surface area contributed by atoms with Gasteiger partial charge in [0.25, 0.3) is 0 Å². The van der Waals surface area contributed by atoms with Crippen molar-refractivity contribution in [2.75, 3.05) is 0 Å². The Bertz CT molecular complexity index is 1020. The van der Waals surface area contributed by atoms with Crippen LogP contribution in [0.25, 0.3) is 0 Å². The molecule has 40 heavy (non-hydrogen) atoms. The lowest BCUT2D eigenvalue weighted by Crippen LogP contribution is -2.15. The Hall–Kier alpha value is -2.36. The van der Waals surface area contributed by atoms with E-state index in [1.54, 1.807) is 0 Å². The highest BCUT2D eigenvalue weighted by atomic mass is 16.6. The molecule has 1 heterocycles.